The van der Waals surface area contributed by atoms with Crippen LogP contribution >= 0.6 is 0 Å². The number of carbonyl (C=O) groups is 1. The Bertz CT molecular complexity index is 431. The van der Waals surface area contributed by atoms with Crippen molar-refractivity contribution in [3.63, 3.8) is 0 Å². The van der Waals surface area contributed by atoms with Crippen molar-refractivity contribution in [2.45, 2.75) is 6.92 Å². The molecule has 0 unspecified atom stereocenters. The van der Waals surface area contributed by atoms with E-state index in [2.05, 4.69) is 6.58 Å². The molecule has 104 valence electrons. The lowest BCUT2D eigenvalue weighted by Gasteiger charge is -2.14. The highest BCUT2D eigenvalue weighted by atomic mass is 16.6. The van der Waals surface area contributed by atoms with Crippen molar-refractivity contribution < 1.29 is 23.7 Å². The van der Waals surface area contributed by atoms with Crippen LogP contribution in [0.3, 0.4) is 0 Å². The highest BCUT2D eigenvalue weighted by Crippen LogP contribution is 2.36. The van der Waals surface area contributed by atoms with E-state index in [1.54, 1.807) is 39.3 Å². The van der Waals surface area contributed by atoms with E-state index in [0.29, 0.717) is 22.8 Å². The molecule has 0 aliphatic heterocycles. The van der Waals surface area contributed by atoms with Gasteiger partial charge in [-0.15, -0.1) is 0 Å². The van der Waals surface area contributed by atoms with Gasteiger partial charge < -0.3 is 18.9 Å². The number of methoxy groups -OCH3 is 2. The Morgan fingerprint density at radius 2 is 1.74 bits per heavy atom. The molecule has 0 heterocycles. The SMILES string of the molecule is C=C(C)C(=O)OCCOc1c(OC)cccc1OC. The standard InChI is InChI=1S/C14H18O5/c1-10(2)14(15)19-9-8-18-13-11(16-3)6-5-7-12(13)17-4/h5-7H,1,8-9H2,2-4H3. The molecule has 0 fully saturated rings. The lowest BCUT2D eigenvalue weighted by Crippen LogP contribution is -2.13. The molecule has 0 spiro atoms. The largest absolute Gasteiger partial charge is 0.493 e. The van der Waals surface area contributed by atoms with Gasteiger partial charge in [0, 0.05) is 5.57 Å². The van der Waals surface area contributed by atoms with E-state index in [1.807, 2.05) is 0 Å². The third-order valence-electron chi connectivity index (χ3n) is 2.29. The van der Waals surface area contributed by atoms with Crippen molar-refractivity contribution in [2.24, 2.45) is 0 Å². The molecule has 5 heteroatoms. The van der Waals surface area contributed by atoms with Crippen LogP contribution < -0.4 is 14.2 Å². The summed E-state index contributed by atoms with van der Waals surface area (Å²) in [6.45, 7) is 5.42. The third kappa shape index (κ3) is 4.21. The molecule has 0 saturated heterocycles. The van der Waals surface area contributed by atoms with Gasteiger partial charge in [0.1, 0.15) is 13.2 Å². The molecule has 1 aromatic rings. The summed E-state index contributed by atoms with van der Waals surface area (Å²) in [6.07, 6.45) is 0. The molecule has 0 N–H and O–H groups in total. The first-order chi connectivity index (χ1) is 9.10. The van der Waals surface area contributed by atoms with Crippen LogP contribution in [0.4, 0.5) is 0 Å². The smallest absolute Gasteiger partial charge is 0.333 e. The van der Waals surface area contributed by atoms with Crippen molar-refractivity contribution >= 4 is 5.97 Å². The number of ether oxygens (including phenoxy) is 4. The van der Waals surface area contributed by atoms with Crippen LogP contribution in [0, 0.1) is 0 Å². The summed E-state index contributed by atoms with van der Waals surface area (Å²) < 4.78 is 20.8. The van der Waals surface area contributed by atoms with Gasteiger partial charge in [-0.05, 0) is 19.1 Å². The van der Waals surface area contributed by atoms with E-state index in [4.69, 9.17) is 18.9 Å². The second-order valence-electron chi connectivity index (χ2n) is 3.76. The molecule has 0 atom stereocenters. The van der Waals surface area contributed by atoms with Crippen molar-refractivity contribution in [3.8, 4) is 17.2 Å². The predicted molar refractivity (Wildman–Crippen MR) is 70.8 cm³/mol. The van der Waals surface area contributed by atoms with Gasteiger partial charge >= 0.3 is 5.97 Å². The third-order valence-corrected chi connectivity index (χ3v) is 2.29. The first-order valence-corrected chi connectivity index (χ1v) is 5.76. The summed E-state index contributed by atoms with van der Waals surface area (Å²) >= 11 is 0. The molecule has 0 bridgehead atoms. The predicted octanol–water partition coefficient (Wildman–Crippen LogP) is 2.20. The normalized spacial score (nSPS) is 9.63. The summed E-state index contributed by atoms with van der Waals surface area (Å²) in [5.74, 6) is 1.17. The minimum Gasteiger partial charge on any atom is -0.493 e. The van der Waals surface area contributed by atoms with Crippen LogP contribution in [0.25, 0.3) is 0 Å². The molecule has 0 radical (unpaired) electrons. The van der Waals surface area contributed by atoms with Crippen molar-refractivity contribution in [2.75, 3.05) is 27.4 Å². The highest BCUT2D eigenvalue weighted by Gasteiger charge is 2.11. The fourth-order valence-corrected chi connectivity index (χ4v) is 1.36. The number of carbonyl (C=O) groups excluding carboxylic acids is 1. The number of para-hydroxylation sites is 1. The summed E-state index contributed by atoms with van der Waals surface area (Å²) in [6, 6.07) is 5.32. The van der Waals surface area contributed by atoms with Crippen LogP contribution in [0.15, 0.2) is 30.4 Å². The molecule has 0 saturated carbocycles. The van der Waals surface area contributed by atoms with Crippen LogP contribution in [0.1, 0.15) is 6.92 Å². The molecule has 0 aliphatic carbocycles. The fourth-order valence-electron chi connectivity index (χ4n) is 1.36. The van der Waals surface area contributed by atoms with Crippen molar-refractivity contribution in [1.82, 2.24) is 0 Å². The molecule has 5 nitrogen and oxygen atoms in total. The molecule has 0 amide bonds. The molecule has 0 aliphatic rings. The summed E-state index contributed by atoms with van der Waals surface area (Å²) in [5, 5.41) is 0. The Morgan fingerprint density at radius 1 is 1.16 bits per heavy atom. The second kappa shape index (κ2) is 7.31. The minimum atomic E-state index is -0.435. The van der Waals surface area contributed by atoms with E-state index in [-0.39, 0.29) is 13.2 Å². The number of hydrogen-bond acceptors (Lipinski definition) is 5. The Morgan fingerprint density at radius 3 is 2.21 bits per heavy atom. The van der Waals surface area contributed by atoms with Crippen LogP contribution in [-0.4, -0.2) is 33.4 Å². The first kappa shape index (κ1) is 14.9. The van der Waals surface area contributed by atoms with Gasteiger partial charge in [-0.2, -0.15) is 0 Å². The lowest BCUT2D eigenvalue weighted by molar-refractivity contribution is -0.139. The van der Waals surface area contributed by atoms with Crippen molar-refractivity contribution in [1.29, 1.82) is 0 Å². The summed E-state index contributed by atoms with van der Waals surface area (Å²) in [5.41, 5.74) is 0.356. The van der Waals surface area contributed by atoms with Gasteiger partial charge in [-0.1, -0.05) is 12.6 Å². The maximum absolute atomic E-state index is 11.2. The Labute approximate surface area is 112 Å². The molecule has 19 heavy (non-hydrogen) atoms. The van der Waals surface area contributed by atoms with E-state index in [0.717, 1.165) is 0 Å². The maximum Gasteiger partial charge on any atom is 0.333 e. The average Bonchev–Trinajstić information content (AvgIpc) is 2.42. The number of benzene rings is 1. The zero-order valence-corrected chi connectivity index (χ0v) is 11.4. The van der Waals surface area contributed by atoms with E-state index < -0.39 is 5.97 Å². The van der Waals surface area contributed by atoms with Crippen LogP contribution in [0.5, 0.6) is 17.2 Å². The van der Waals surface area contributed by atoms with E-state index in [1.165, 1.54) is 0 Å². The highest BCUT2D eigenvalue weighted by molar-refractivity contribution is 5.86. The minimum absolute atomic E-state index is 0.132. The van der Waals surface area contributed by atoms with Crippen molar-refractivity contribution in [3.05, 3.63) is 30.4 Å². The van der Waals surface area contributed by atoms with Gasteiger partial charge in [0.25, 0.3) is 0 Å². The number of esters is 1. The molecular formula is C14H18O5. The van der Waals surface area contributed by atoms with Gasteiger partial charge in [0.15, 0.2) is 11.5 Å². The molecule has 1 aromatic carbocycles. The number of hydrogen-bond donors (Lipinski definition) is 0. The van der Waals surface area contributed by atoms with Gasteiger partial charge in [-0.25, -0.2) is 4.79 Å². The second-order valence-corrected chi connectivity index (χ2v) is 3.76. The molecule has 1 rings (SSSR count). The fraction of sp³-hybridized carbons (Fsp3) is 0.357. The topological polar surface area (TPSA) is 54.0 Å². The maximum atomic E-state index is 11.2. The Hall–Kier alpha value is -2.17. The van der Waals surface area contributed by atoms with Crippen LogP contribution in [-0.2, 0) is 9.53 Å². The van der Waals surface area contributed by atoms with Gasteiger partial charge in [0.2, 0.25) is 5.75 Å². The number of rotatable bonds is 7. The van der Waals surface area contributed by atoms with E-state index >= 15 is 0 Å². The quantitative estimate of drug-likeness (QED) is 0.430. The van der Waals surface area contributed by atoms with Gasteiger partial charge in [-0.3, -0.25) is 0 Å². The van der Waals surface area contributed by atoms with Gasteiger partial charge in [0.05, 0.1) is 14.2 Å². The first-order valence-electron chi connectivity index (χ1n) is 5.76. The zero-order chi connectivity index (χ0) is 14.3. The van der Waals surface area contributed by atoms with Crippen LogP contribution in [0.2, 0.25) is 0 Å². The lowest BCUT2D eigenvalue weighted by atomic mass is 10.3. The zero-order valence-electron chi connectivity index (χ0n) is 11.4. The Kier molecular flexibility index (Phi) is 5.73. The summed E-state index contributed by atoms with van der Waals surface area (Å²) in [7, 11) is 3.09. The van der Waals surface area contributed by atoms with E-state index in [9.17, 15) is 4.79 Å². The molecule has 0 aromatic heterocycles. The Balaban J connectivity index is 2.57. The average molecular weight is 266 g/mol. The summed E-state index contributed by atoms with van der Waals surface area (Å²) in [4.78, 5) is 11.2. The monoisotopic (exact) mass is 266 g/mol. The molecular weight excluding hydrogens is 248 g/mol.